The van der Waals surface area contributed by atoms with Crippen molar-refractivity contribution in [1.82, 2.24) is 14.5 Å². The topological polar surface area (TPSA) is 104 Å². The average molecular weight is 506 g/mol. The molecule has 34 heavy (non-hydrogen) atoms. The van der Waals surface area contributed by atoms with E-state index in [0.29, 0.717) is 5.02 Å². The van der Waals surface area contributed by atoms with Crippen molar-refractivity contribution >= 4 is 39.3 Å². The average Bonchev–Trinajstić information content (AvgIpc) is 3.01. The largest absolute Gasteiger partial charge is 0.352 e. The number of carbonyl (C=O) groups excluding carboxylic acids is 3. The highest BCUT2D eigenvalue weighted by atomic mass is 35.5. The van der Waals surface area contributed by atoms with Crippen molar-refractivity contribution in [3.63, 3.8) is 0 Å². The zero-order chi connectivity index (χ0) is 25.0. The molecular weight excluding hydrogens is 478 g/mol. The SMILES string of the molecule is CC[C@@H](C)NC(=O)[C@H](C)N(Cc1ccc(Cl)cc1)C(=O)CCN1C(=O)c2ccccc2S1(=O)=O. The van der Waals surface area contributed by atoms with E-state index in [1.807, 2.05) is 13.8 Å². The van der Waals surface area contributed by atoms with Crippen molar-refractivity contribution in [3.8, 4) is 0 Å². The van der Waals surface area contributed by atoms with Gasteiger partial charge in [-0.25, -0.2) is 12.7 Å². The fraction of sp³-hybridized carbons (Fsp3) is 0.375. The summed E-state index contributed by atoms with van der Waals surface area (Å²) >= 11 is 5.96. The lowest BCUT2D eigenvalue weighted by molar-refractivity contribution is -0.140. The molecule has 182 valence electrons. The highest BCUT2D eigenvalue weighted by molar-refractivity contribution is 7.90. The third-order valence-electron chi connectivity index (χ3n) is 5.88. The molecule has 0 aromatic heterocycles. The first kappa shape index (κ1) is 25.7. The molecule has 0 spiro atoms. The van der Waals surface area contributed by atoms with Crippen LogP contribution in [0.4, 0.5) is 0 Å². The molecule has 0 saturated heterocycles. The maximum atomic E-state index is 13.3. The minimum atomic E-state index is -4.02. The predicted molar refractivity (Wildman–Crippen MR) is 129 cm³/mol. The molecule has 0 saturated carbocycles. The van der Waals surface area contributed by atoms with Crippen LogP contribution in [-0.4, -0.2) is 54.0 Å². The summed E-state index contributed by atoms with van der Waals surface area (Å²) in [4.78, 5) is 40.0. The number of rotatable bonds is 9. The Balaban J connectivity index is 1.79. The monoisotopic (exact) mass is 505 g/mol. The quantitative estimate of drug-likeness (QED) is 0.563. The number of hydrogen-bond donors (Lipinski definition) is 1. The fourth-order valence-corrected chi connectivity index (χ4v) is 5.32. The van der Waals surface area contributed by atoms with Crippen LogP contribution >= 0.6 is 11.6 Å². The van der Waals surface area contributed by atoms with Crippen molar-refractivity contribution < 1.29 is 22.8 Å². The van der Waals surface area contributed by atoms with Crippen LogP contribution in [0.5, 0.6) is 0 Å². The molecular formula is C24H28ClN3O5S. The number of nitrogens with zero attached hydrogens (tertiary/aromatic N) is 2. The summed E-state index contributed by atoms with van der Waals surface area (Å²) in [6.07, 6.45) is 0.479. The van der Waals surface area contributed by atoms with Crippen molar-refractivity contribution in [2.75, 3.05) is 6.54 Å². The van der Waals surface area contributed by atoms with Crippen LogP contribution in [0.25, 0.3) is 0 Å². The van der Waals surface area contributed by atoms with Gasteiger partial charge in [0.15, 0.2) is 0 Å². The summed E-state index contributed by atoms with van der Waals surface area (Å²) in [5.41, 5.74) is 0.854. The van der Waals surface area contributed by atoms with Gasteiger partial charge >= 0.3 is 0 Å². The zero-order valence-electron chi connectivity index (χ0n) is 19.3. The van der Waals surface area contributed by atoms with E-state index in [9.17, 15) is 22.8 Å². The van der Waals surface area contributed by atoms with Gasteiger partial charge in [0.25, 0.3) is 15.9 Å². The van der Waals surface area contributed by atoms with E-state index in [0.717, 1.165) is 16.3 Å². The molecule has 3 rings (SSSR count). The number of benzene rings is 2. The Bertz CT molecular complexity index is 1180. The number of hydrogen-bond acceptors (Lipinski definition) is 5. The van der Waals surface area contributed by atoms with Gasteiger partial charge in [0.2, 0.25) is 11.8 Å². The van der Waals surface area contributed by atoms with Gasteiger partial charge in [-0.2, -0.15) is 0 Å². The van der Waals surface area contributed by atoms with Gasteiger partial charge < -0.3 is 10.2 Å². The number of nitrogens with one attached hydrogen (secondary N) is 1. The van der Waals surface area contributed by atoms with E-state index in [1.54, 1.807) is 43.3 Å². The Morgan fingerprint density at radius 2 is 1.74 bits per heavy atom. The van der Waals surface area contributed by atoms with Gasteiger partial charge in [0, 0.05) is 30.6 Å². The lowest BCUT2D eigenvalue weighted by Gasteiger charge is -2.30. The number of halogens is 1. The molecule has 1 heterocycles. The maximum Gasteiger partial charge on any atom is 0.269 e. The molecule has 1 aliphatic heterocycles. The van der Waals surface area contributed by atoms with Crippen LogP contribution < -0.4 is 5.32 Å². The normalized spacial score (nSPS) is 16.0. The van der Waals surface area contributed by atoms with Gasteiger partial charge in [0.05, 0.1) is 5.56 Å². The molecule has 0 radical (unpaired) electrons. The van der Waals surface area contributed by atoms with E-state index in [1.165, 1.54) is 17.0 Å². The standard InChI is InChI=1S/C24H28ClN3O5S/c1-4-16(2)26-23(30)17(3)27(15-18-9-11-19(25)12-10-18)22(29)13-14-28-24(31)20-7-5-6-8-21(20)34(28,32)33/h5-12,16-17H,4,13-15H2,1-3H3,(H,26,30)/t16-,17+/m1/s1. The fourth-order valence-electron chi connectivity index (χ4n) is 3.63. The Hall–Kier alpha value is -2.91. The van der Waals surface area contributed by atoms with Gasteiger partial charge in [-0.3, -0.25) is 14.4 Å². The first-order valence-corrected chi connectivity index (χ1v) is 12.9. The van der Waals surface area contributed by atoms with Gasteiger partial charge in [0.1, 0.15) is 10.9 Å². The number of fused-ring (bicyclic) bond motifs is 1. The minimum absolute atomic E-state index is 0.0618. The van der Waals surface area contributed by atoms with E-state index in [2.05, 4.69) is 5.32 Å². The Morgan fingerprint density at radius 1 is 1.09 bits per heavy atom. The van der Waals surface area contributed by atoms with E-state index >= 15 is 0 Å². The van der Waals surface area contributed by atoms with Crippen LogP contribution in [-0.2, 0) is 26.2 Å². The molecule has 2 aromatic carbocycles. The number of carbonyl (C=O) groups is 3. The van der Waals surface area contributed by atoms with Gasteiger partial charge in [-0.1, -0.05) is 42.8 Å². The van der Waals surface area contributed by atoms with Crippen molar-refractivity contribution in [1.29, 1.82) is 0 Å². The number of sulfonamides is 1. The Labute approximate surface area is 204 Å². The summed E-state index contributed by atoms with van der Waals surface area (Å²) in [6, 6.07) is 12.0. The van der Waals surface area contributed by atoms with E-state index in [4.69, 9.17) is 11.6 Å². The third kappa shape index (κ3) is 5.42. The molecule has 1 aliphatic rings. The first-order chi connectivity index (χ1) is 16.1. The molecule has 2 aromatic rings. The zero-order valence-corrected chi connectivity index (χ0v) is 20.9. The van der Waals surface area contributed by atoms with Gasteiger partial charge in [-0.05, 0) is 50.1 Å². The lowest BCUT2D eigenvalue weighted by Crippen LogP contribution is -2.50. The second-order valence-corrected chi connectivity index (χ2v) is 10.5. The second-order valence-electron chi connectivity index (χ2n) is 8.27. The molecule has 2 atom stereocenters. The first-order valence-electron chi connectivity index (χ1n) is 11.1. The van der Waals surface area contributed by atoms with Crippen LogP contribution in [0.3, 0.4) is 0 Å². The van der Waals surface area contributed by atoms with Crippen molar-refractivity contribution in [2.45, 2.75) is 57.1 Å². The Kier molecular flexibility index (Phi) is 7.99. The Morgan fingerprint density at radius 3 is 2.35 bits per heavy atom. The van der Waals surface area contributed by atoms with E-state index < -0.39 is 27.9 Å². The predicted octanol–water partition coefficient (Wildman–Crippen LogP) is 3.21. The van der Waals surface area contributed by atoms with Crippen molar-refractivity contribution in [3.05, 3.63) is 64.7 Å². The van der Waals surface area contributed by atoms with Crippen LogP contribution in [0, 0.1) is 0 Å². The van der Waals surface area contributed by atoms with Crippen LogP contribution in [0.1, 0.15) is 49.5 Å². The second kappa shape index (κ2) is 10.6. The molecule has 10 heteroatoms. The lowest BCUT2D eigenvalue weighted by atomic mass is 10.1. The summed E-state index contributed by atoms with van der Waals surface area (Å²) in [6.45, 7) is 5.26. The molecule has 3 amide bonds. The molecule has 0 unspecified atom stereocenters. The summed E-state index contributed by atoms with van der Waals surface area (Å²) in [5.74, 6) is -1.41. The number of amides is 3. The minimum Gasteiger partial charge on any atom is -0.352 e. The smallest absolute Gasteiger partial charge is 0.269 e. The van der Waals surface area contributed by atoms with E-state index in [-0.39, 0.29) is 41.9 Å². The highest BCUT2D eigenvalue weighted by Crippen LogP contribution is 2.30. The summed E-state index contributed by atoms with van der Waals surface area (Å²) in [7, 11) is -4.02. The maximum absolute atomic E-state index is 13.3. The molecule has 8 nitrogen and oxygen atoms in total. The molecule has 0 bridgehead atoms. The van der Waals surface area contributed by atoms with Crippen molar-refractivity contribution in [2.24, 2.45) is 0 Å². The summed E-state index contributed by atoms with van der Waals surface area (Å²) < 4.78 is 26.3. The summed E-state index contributed by atoms with van der Waals surface area (Å²) in [5, 5.41) is 3.42. The van der Waals surface area contributed by atoms with Crippen LogP contribution in [0.2, 0.25) is 5.02 Å². The molecule has 1 N–H and O–H groups in total. The van der Waals surface area contributed by atoms with Gasteiger partial charge in [-0.15, -0.1) is 0 Å². The molecule has 0 aliphatic carbocycles. The third-order valence-corrected chi connectivity index (χ3v) is 7.97. The molecule has 0 fully saturated rings. The highest BCUT2D eigenvalue weighted by Gasteiger charge is 2.41. The van der Waals surface area contributed by atoms with Crippen LogP contribution in [0.15, 0.2) is 53.4 Å².